The molecule has 0 aliphatic carbocycles. The predicted molar refractivity (Wildman–Crippen MR) is 75.7 cm³/mol. The second-order valence-electron chi connectivity index (χ2n) is 4.35. The summed E-state index contributed by atoms with van der Waals surface area (Å²) >= 11 is 0. The van der Waals surface area contributed by atoms with Gasteiger partial charge >= 0.3 is 0 Å². The van der Waals surface area contributed by atoms with Crippen molar-refractivity contribution in [3.05, 3.63) is 29.3 Å². The van der Waals surface area contributed by atoms with E-state index in [1.54, 1.807) is 6.07 Å². The summed E-state index contributed by atoms with van der Waals surface area (Å²) in [6.07, 6.45) is -1.79. The van der Waals surface area contributed by atoms with E-state index in [2.05, 4.69) is 9.46 Å². The maximum atomic E-state index is 12.0. The van der Waals surface area contributed by atoms with Crippen molar-refractivity contribution >= 4 is 10.0 Å². The Labute approximate surface area is 123 Å². The molecule has 0 spiro atoms. The molecule has 21 heavy (non-hydrogen) atoms. The molecule has 0 saturated heterocycles. The smallest absolute Gasteiger partial charge is 0.261 e. The number of sulfonamides is 1. The highest BCUT2D eigenvalue weighted by Gasteiger charge is 2.15. The van der Waals surface area contributed by atoms with Gasteiger partial charge in [0, 0.05) is 13.1 Å². The van der Waals surface area contributed by atoms with E-state index < -0.39 is 23.1 Å². The normalized spacial score (nSPS) is 12.0. The number of rotatable bonds is 9. The van der Waals surface area contributed by atoms with Crippen molar-refractivity contribution in [1.29, 1.82) is 0 Å². The van der Waals surface area contributed by atoms with Gasteiger partial charge < -0.3 is 10.5 Å². The fourth-order valence-electron chi connectivity index (χ4n) is 1.81. The number of alkyl halides is 2. The van der Waals surface area contributed by atoms with Crippen LogP contribution in [0.2, 0.25) is 0 Å². The highest BCUT2D eigenvalue weighted by molar-refractivity contribution is 7.89. The van der Waals surface area contributed by atoms with Gasteiger partial charge in [0.25, 0.3) is 6.43 Å². The Morgan fingerprint density at radius 3 is 2.62 bits per heavy atom. The van der Waals surface area contributed by atoms with Crippen molar-refractivity contribution in [2.45, 2.75) is 31.2 Å². The average molecular weight is 322 g/mol. The average Bonchev–Trinajstić information content (AvgIpc) is 2.45. The number of hydrogen-bond acceptors (Lipinski definition) is 4. The van der Waals surface area contributed by atoms with E-state index in [1.807, 2.05) is 6.92 Å². The van der Waals surface area contributed by atoms with Gasteiger partial charge in [-0.05, 0) is 29.7 Å². The van der Waals surface area contributed by atoms with Crippen molar-refractivity contribution < 1.29 is 21.9 Å². The van der Waals surface area contributed by atoms with Gasteiger partial charge in [-0.15, -0.1) is 0 Å². The van der Waals surface area contributed by atoms with Crippen molar-refractivity contribution in [2.24, 2.45) is 5.73 Å². The summed E-state index contributed by atoms with van der Waals surface area (Å²) in [4.78, 5) is 0.106. The quantitative estimate of drug-likeness (QED) is 0.671. The Kier molecular flexibility index (Phi) is 7.16. The lowest BCUT2D eigenvalue weighted by atomic mass is 10.1. The first-order chi connectivity index (χ1) is 9.90. The van der Waals surface area contributed by atoms with Crippen molar-refractivity contribution in [3.8, 4) is 0 Å². The molecular formula is C13H20F2N2O3S. The third-order valence-electron chi connectivity index (χ3n) is 2.87. The number of nitrogens with one attached hydrogen (secondary N) is 1. The molecule has 0 aromatic heterocycles. The van der Waals surface area contributed by atoms with Crippen LogP contribution in [-0.4, -0.2) is 34.6 Å². The van der Waals surface area contributed by atoms with E-state index >= 15 is 0 Å². The summed E-state index contributed by atoms with van der Waals surface area (Å²) in [7, 11) is -3.69. The van der Waals surface area contributed by atoms with E-state index in [4.69, 9.17) is 5.73 Å². The monoisotopic (exact) mass is 322 g/mol. The summed E-state index contributed by atoms with van der Waals surface area (Å²) < 4.78 is 54.7. The zero-order chi connectivity index (χ0) is 15.9. The fraction of sp³-hybridized carbons (Fsp3) is 0.538. The van der Waals surface area contributed by atoms with Crippen molar-refractivity contribution in [1.82, 2.24) is 4.72 Å². The Bertz CT molecular complexity index is 550. The van der Waals surface area contributed by atoms with Gasteiger partial charge in [-0.1, -0.05) is 13.0 Å². The van der Waals surface area contributed by atoms with E-state index in [-0.39, 0.29) is 24.6 Å². The number of hydrogen-bond donors (Lipinski definition) is 2. The molecular weight excluding hydrogens is 302 g/mol. The Morgan fingerprint density at radius 2 is 2.05 bits per heavy atom. The molecule has 1 aromatic rings. The van der Waals surface area contributed by atoms with Crippen LogP contribution in [0.1, 0.15) is 18.1 Å². The van der Waals surface area contributed by atoms with Gasteiger partial charge in [0.05, 0.1) is 11.5 Å². The van der Waals surface area contributed by atoms with Crippen LogP contribution in [0.3, 0.4) is 0 Å². The van der Waals surface area contributed by atoms with Gasteiger partial charge in [0.1, 0.15) is 6.61 Å². The summed E-state index contributed by atoms with van der Waals surface area (Å²) in [6, 6.07) is 4.76. The van der Waals surface area contributed by atoms with Gasteiger partial charge in [0.15, 0.2) is 0 Å². The van der Waals surface area contributed by atoms with Crippen LogP contribution in [0.5, 0.6) is 0 Å². The van der Waals surface area contributed by atoms with Crippen molar-refractivity contribution in [3.63, 3.8) is 0 Å². The Hall–Kier alpha value is -1.09. The van der Waals surface area contributed by atoms with Crippen LogP contribution < -0.4 is 10.5 Å². The first kappa shape index (κ1) is 18.0. The summed E-state index contributed by atoms with van der Waals surface area (Å²) in [5, 5.41) is 0. The van der Waals surface area contributed by atoms with Crippen molar-refractivity contribution in [2.75, 3.05) is 19.8 Å². The van der Waals surface area contributed by atoms with Gasteiger partial charge in [-0.2, -0.15) is 0 Å². The molecule has 120 valence electrons. The highest BCUT2D eigenvalue weighted by Crippen LogP contribution is 2.16. The van der Waals surface area contributed by atoms with E-state index in [0.29, 0.717) is 0 Å². The standard InChI is InChI=1S/C13H20F2N2O3S/c1-2-10-3-4-12(7-11(10)8-16)21(18,19)17-5-6-20-9-13(14)15/h3-4,7,13,17H,2,5-6,8-9,16H2,1H3. The summed E-state index contributed by atoms with van der Waals surface area (Å²) in [5.74, 6) is 0. The van der Waals surface area contributed by atoms with Crippen LogP contribution in [0.25, 0.3) is 0 Å². The van der Waals surface area contributed by atoms with E-state index in [9.17, 15) is 17.2 Å². The largest absolute Gasteiger partial charge is 0.374 e. The van der Waals surface area contributed by atoms with Gasteiger partial charge in [0.2, 0.25) is 10.0 Å². The summed E-state index contributed by atoms with van der Waals surface area (Å²) in [5.41, 5.74) is 7.37. The van der Waals surface area contributed by atoms with Crippen LogP contribution in [0, 0.1) is 0 Å². The fourth-order valence-corrected chi connectivity index (χ4v) is 2.87. The Morgan fingerprint density at radius 1 is 1.33 bits per heavy atom. The molecule has 1 rings (SSSR count). The maximum Gasteiger partial charge on any atom is 0.261 e. The second kappa shape index (κ2) is 8.38. The molecule has 3 N–H and O–H groups in total. The molecule has 8 heteroatoms. The minimum atomic E-state index is -3.69. The lowest BCUT2D eigenvalue weighted by Gasteiger charge is -2.11. The minimum Gasteiger partial charge on any atom is -0.374 e. The molecule has 0 unspecified atom stereocenters. The highest BCUT2D eigenvalue weighted by atomic mass is 32.2. The third kappa shape index (κ3) is 5.66. The second-order valence-corrected chi connectivity index (χ2v) is 6.12. The number of nitrogens with two attached hydrogens (primary N) is 1. The van der Waals surface area contributed by atoms with Crippen LogP contribution in [0.4, 0.5) is 8.78 Å². The SMILES string of the molecule is CCc1ccc(S(=O)(=O)NCCOCC(F)F)cc1CN. The number of aryl methyl sites for hydroxylation is 1. The number of benzene rings is 1. The molecule has 0 aliphatic rings. The first-order valence-electron chi connectivity index (χ1n) is 6.58. The zero-order valence-corrected chi connectivity index (χ0v) is 12.6. The number of halogens is 2. The molecule has 0 bridgehead atoms. The third-order valence-corrected chi connectivity index (χ3v) is 4.33. The predicted octanol–water partition coefficient (Wildman–Crippen LogP) is 1.27. The van der Waals surface area contributed by atoms with E-state index in [0.717, 1.165) is 17.5 Å². The molecule has 0 amide bonds. The molecule has 0 radical (unpaired) electrons. The van der Waals surface area contributed by atoms with Crippen LogP contribution >= 0.6 is 0 Å². The van der Waals surface area contributed by atoms with Crippen LogP contribution in [-0.2, 0) is 27.7 Å². The molecule has 0 aliphatic heterocycles. The zero-order valence-electron chi connectivity index (χ0n) is 11.8. The topological polar surface area (TPSA) is 81.4 Å². The minimum absolute atomic E-state index is 0.0669. The molecule has 0 heterocycles. The lowest BCUT2D eigenvalue weighted by molar-refractivity contribution is 0.0199. The van der Waals surface area contributed by atoms with Gasteiger partial charge in [-0.25, -0.2) is 21.9 Å². The molecule has 0 fully saturated rings. The van der Waals surface area contributed by atoms with Gasteiger partial charge in [-0.3, -0.25) is 0 Å². The molecule has 5 nitrogen and oxygen atoms in total. The van der Waals surface area contributed by atoms with E-state index in [1.165, 1.54) is 12.1 Å². The number of ether oxygens (including phenoxy) is 1. The molecule has 1 aromatic carbocycles. The van der Waals surface area contributed by atoms with Crippen LogP contribution in [0.15, 0.2) is 23.1 Å². The lowest BCUT2D eigenvalue weighted by Crippen LogP contribution is -2.28. The first-order valence-corrected chi connectivity index (χ1v) is 8.06. The molecule has 0 saturated carbocycles. The molecule has 0 atom stereocenters. The summed E-state index contributed by atoms with van der Waals surface area (Å²) in [6.45, 7) is 1.33. The Balaban J connectivity index is 2.66. The maximum absolute atomic E-state index is 12.0.